The Morgan fingerprint density at radius 2 is 2.12 bits per heavy atom. The van der Waals surface area contributed by atoms with Crippen LogP contribution in [-0.4, -0.2) is 54.0 Å². The van der Waals surface area contributed by atoms with Crippen LogP contribution in [0.4, 0.5) is 0 Å². The van der Waals surface area contributed by atoms with Gasteiger partial charge in [-0.2, -0.15) is 0 Å². The summed E-state index contributed by atoms with van der Waals surface area (Å²) in [5, 5.41) is 2.13. The molecule has 4 rings (SSSR count). The summed E-state index contributed by atoms with van der Waals surface area (Å²) in [6.45, 7) is 6.23. The average Bonchev–Trinajstić information content (AvgIpc) is 3.33. The van der Waals surface area contributed by atoms with Crippen molar-refractivity contribution < 1.29 is 9.53 Å². The van der Waals surface area contributed by atoms with E-state index in [9.17, 15) is 4.79 Å². The second-order valence-corrected chi connectivity index (χ2v) is 8.21. The first kappa shape index (κ1) is 16.6. The summed E-state index contributed by atoms with van der Waals surface area (Å²) in [6.07, 6.45) is 6.33. The molecular formula is C19H28N2O2S. The predicted molar refractivity (Wildman–Crippen MR) is 96.3 cm³/mol. The number of hydrogen-bond acceptors (Lipinski definition) is 4. The molecule has 3 aliphatic rings. The normalized spacial score (nSPS) is 30.7. The third kappa shape index (κ3) is 3.02. The Balaban J connectivity index is 1.44. The highest BCUT2D eigenvalue weighted by Gasteiger charge is 2.40. The highest BCUT2D eigenvalue weighted by atomic mass is 32.1. The van der Waals surface area contributed by atoms with Crippen molar-refractivity contribution in [2.45, 2.75) is 63.6 Å². The van der Waals surface area contributed by atoms with E-state index in [1.54, 1.807) is 11.3 Å². The van der Waals surface area contributed by atoms with E-state index < -0.39 is 0 Å². The van der Waals surface area contributed by atoms with E-state index in [0.29, 0.717) is 24.4 Å². The second kappa shape index (κ2) is 7.14. The number of carbonyl (C=O) groups is 1. The van der Waals surface area contributed by atoms with Crippen LogP contribution in [-0.2, 0) is 16.0 Å². The first-order valence-electron chi connectivity index (χ1n) is 9.49. The molecule has 2 fully saturated rings. The van der Waals surface area contributed by atoms with E-state index in [2.05, 4.69) is 28.2 Å². The zero-order chi connectivity index (χ0) is 16.5. The molecule has 5 heteroatoms. The Kier molecular flexibility index (Phi) is 4.93. The fourth-order valence-corrected chi connectivity index (χ4v) is 5.84. The van der Waals surface area contributed by atoms with Gasteiger partial charge in [0.05, 0.1) is 13.0 Å². The molecule has 3 aliphatic heterocycles. The van der Waals surface area contributed by atoms with Crippen molar-refractivity contribution >= 4 is 17.2 Å². The lowest BCUT2D eigenvalue weighted by atomic mass is 10.0. The lowest BCUT2D eigenvalue weighted by Crippen LogP contribution is -2.48. The molecule has 1 aromatic heterocycles. The summed E-state index contributed by atoms with van der Waals surface area (Å²) in [5.74, 6) is 0.298. The van der Waals surface area contributed by atoms with E-state index >= 15 is 0 Å². The summed E-state index contributed by atoms with van der Waals surface area (Å²) < 4.78 is 5.95. The van der Waals surface area contributed by atoms with Crippen molar-refractivity contribution in [3.63, 3.8) is 0 Å². The van der Waals surface area contributed by atoms with E-state index in [4.69, 9.17) is 4.74 Å². The van der Waals surface area contributed by atoms with E-state index in [1.165, 1.54) is 36.2 Å². The van der Waals surface area contributed by atoms with Crippen molar-refractivity contribution in [1.29, 1.82) is 0 Å². The third-order valence-corrected chi connectivity index (χ3v) is 7.06. The summed E-state index contributed by atoms with van der Waals surface area (Å²) in [4.78, 5) is 19.1. The van der Waals surface area contributed by atoms with Gasteiger partial charge in [0.25, 0.3) is 0 Å². The predicted octanol–water partition coefficient (Wildman–Crippen LogP) is 3.23. The van der Waals surface area contributed by atoms with Crippen molar-refractivity contribution in [3.8, 4) is 0 Å². The molecule has 2 saturated heterocycles. The summed E-state index contributed by atoms with van der Waals surface area (Å²) in [7, 11) is 0. The van der Waals surface area contributed by atoms with Crippen LogP contribution in [0.3, 0.4) is 0 Å². The number of likely N-dealkylation sites (tertiary alicyclic amines) is 2. The van der Waals surface area contributed by atoms with E-state index in [1.807, 2.05) is 0 Å². The monoisotopic (exact) mass is 348 g/mol. The lowest BCUT2D eigenvalue weighted by Gasteiger charge is -2.35. The molecule has 0 N–H and O–H groups in total. The third-order valence-electron chi connectivity index (χ3n) is 6.01. The Morgan fingerprint density at radius 3 is 3.00 bits per heavy atom. The molecule has 1 aromatic rings. The number of nitrogens with zero attached hydrogens (tertiary/aromatic N) is 2. The van der Waals surface area contributed by atoms with Gasteiger partial charge in [0.2, 0.25) is 5.91 Å². The van der Waals surface area contributed by atoms with Crippen molar-refractivity contribution in [1.82, 2.24) is 9.80 Å². The first-order chi connectivity index (χ1) is 11.8. The van der Waals surface area contributed by atoms with Crippen LogP contribution in [0.1, 0.15) is 55.6 Å². The molecule has 1 amide bonds. The number of hydrogen-bond donors (Lipinski definition) is 0. The molecule has 24 heavy (non-hydrogen) atoms. The van der Waals surface area contributed by atoms with Gasteiger partial charge in [-0.25, -0.2) is 0 Å². The number of carbonyl (C=O) groups excluding carboxylic acids is 1. The quantitative estimate of drug-likeness (QED) is 0.837. The topological polar surface area (TPSA) is 32.8 Å². The van der Waals surface area contributed by atoms with Gasteiger partial charge in [0.1, 0.15) is 6.10 Å². The highest BCUT2D eigenvalue weighted by Crippen LogP contribution is 2.36. The van der Waals surface area contributed by atoms with Crippen LogP contribution in [0.25, 0.3) is 0 Å². The van der Waals surface area contributed by atoms with E-state index in [-0.39, 0.29) is 6.10 Å². The lowest BCUT2D eigenvalue weighted by molar-refractivity contribution is -0.136. The fraction of sp³-hybridized carbons (Fsp3) is 0.737. The zero-order valence-electron chi connectivity index (χ0n) is 14.6. The van der Waals surface area contributed by atoms with Crippen LogP contribution >= 0.6 is 11.3 Å². The Hall–Kier alpha value is -0.910. The van der Waals surface area contributed by atoms with Crippen molar-refractivity contribution in [3.05, 3.63) is 21.9 Å². The Labute approximate surface area is 148 Å². The summed E-state index contributed by atoms with van der Waals surface area (Å²) >= 11 is 1.74. The maximum Gasteiger partial charge on any atom is 0.225 e. The minimum atomic E-state index is -0.0200. The number of ether oxygens (including phenoxy) is 1. The molecule has 0 radical (unpaired) electrons. The van der Waals surface area contributed by atoms with Gasteiger partial charge in [-0.15, -0.1) is 11.3 Å². The van der Waals surface area contributed by atoms with Crippen LogP contribution in [0, 0.1) is 0 Å². The molecule has 0 spiro atoms. The van der Waals surface area contributed by atoms with Gasteiger partial charge in [-0.3, -0.25) is 9.69 Å². The average molecular weight is 349 g/mol. The van der Waals surface area contributed by atoms with E-state index in [0.717, 1.165) is 32.5 Å². The second-order valence-electron chi connectivity index (χ2n) is 7.26. The standard InChI is InChI=1S/C19H28N2O2S/c1-2-20-9-3-5-15(20)16-6-4-10-21(16)18(22)13-17-19-14(7-11-23-17)8-12-24-19/h8,12,15-17H,2-7,9-11,13H2,1H3. The van der Waals surface area contributed by atoms with Gasteiger partial charge in [-0.1, -0.05) is 6.92 Å². The van der Waals surface area contributed by atoms with Crippen molar-refractivity contribution in [2.24, 2.45) is 0 Å². The number of rotatable bonds is 4. The molecular weight excluding hydrogens is 320 g/mol. The smallest absolute Gasteiger partial charge is 0.225 e. The van der Waals surface area contributed by atoms with Gasteiger partial charge in [0.15, 0.2) is 0 Å². The van der Waals surface area contributed by atoms with Crippen molar-refractivity contribution in [2.75, 3.05) is 26.2 Å². The van der Waals surface area contributed by atoms with Gasteiger partial charge >= 0.3 is 0 Å². The van der Waals surface area contributed by atoms with Gasteiger partial charge in [-0.05, 0) is 62.2 Å². The largest absolute Gasteiger partial charge is 0.372 e. The number of thiophene rings is 1. The molecule has 0 aliphatic carbocycles. The molecule has 3 unspecified atom stereocenters. The summed E-state index contributed by atoms with van der Waals surface area (Å²) in [5.41, 5.74) is 1.38. The number of amides is 1. The minimum Gasteiger partial charge on any atom is -0.372 e. The van der Waals surface area contributed by atoms with Gasteiger partial charge in [0, 0.05) is 23.5 Å². The van der Waals surface area contributed by atoms with Crippen LogP contribution in [0.15, 0.2) is 11.4 Å². The maximum atomic E-state index is 13.0. The van der Waals surface area contributed by atoms with Gasteiger partial charge < -0.3 is 9.64 Å². The first-order valence-corrected chi connectivity index (χ1v) is 10.4. The Bertz CT molecular complexity index is 588. The molecule has 3 atom stereocenters. The molecule has 0 saturated carbocycles. The Morgan fingerprint density at radius 1 is 1.29 bits per heavy atom. The molecule has 4 nitrogen and oxygen atoms in total. The number of fused-ring (bicyclic) bond motifs is 1. The minimum absolute atomic E-state index is 0.0200. The maximum absolute atomic E-state index is 13.0. The molecule has 0 bridgehead atoms. The summed E-state index contributed by atoms with van der Waals surface area (Å²) in [6, 6.07) is 3.19. The fourth-order valence-electron chi connectivity index (χ4n) is 4.83. The number of likely N-dealkylation sites (N-methyl/N-ethyl adjacent to an activating group) is 1. The SMILES string of the molecule is CCN1CCCC1C1CCCN1C(=O)CC1OCCc2ccsc21. The molecule has 0 aromatic carbocycles. The molecule has 132 valence electrons. The van der Waals surface area contributed by atoms with Crippen LogP contribution in [0.5, 0.6) is 0 Å². The highest BCUT2D eigenvalue weighted by molar-refractivity contribution is 7.10. The molecule has 4 heterocycles. The zero-order valence-corrected chi connectivity index (χ0v) is 15.4. The van der Waals surface area contributed by atoms with Crippen LogP contribution in [0.2, 0.25) is 0 Å². The van der Waals surface area contributed by atoms with Crippen LogP contribution < -0.4 is 0 Å².